The van der Waals surface area contributed by atoms with Crippen molar-refractivity contribution in [2.45, 2.75) is 20.3 Å². The summed E-state index contributed by atoms with van der Waals surface area (Å²) in [5, 5.41) is 2.89. The first kappa shape index (κ1) is 18.4. The summed E-state index contributed by atoms with van der Waals surface area (Å²) >= 11 is 2.15. The minimum absolute atomic E-state index is 0.0476. The summed E-state index contributed by atoms with van der Waals surface area (Å²) in [4.78, 5) is 26.7. The molecule has 126 valence electrons. The zero-order valence-corrected chi connectivity index (χ0v) is 16.0. The monoisotopic (exact) mass is 436 g/mol. The summed E-state index contributed by atoms with van der Waals surface area (Å²) in [5.74, 6) is -0.293. The number of halogens is 1. The van der Waals surface area contributed by atoms with Crippen LogP contribution in [0.15, 0.2) is 48.5 Å². The molecule has 0 saturated carbocycles. The van der Waals surface area contributed by atoms with Gasteiger partial charge in [-0.15, -0.1) is 0 Å². The third kappa shape index (κ3) is 4.80. The van der Waals surface area contributed by atoms with Gasteiger partial charge in [0.15, 0.2) is 0 Å². The van der Waals surface area contributed by atoms with E-state index in [0.29, 0.717) is 12.1 Å². The van der Waals surface area contributed by atoms with E-state index in [0.717, 1.165) is 21.2 Å². The number of nitrogens with one attached hydrogen (secondary N) is 1. The van der Waals surface area contributed by atoms with Crippen molar-refractivity contribution in [3.05, 3.63) is 63.2 Å². The summed E-state index contributed by atoms with van der Waals surface area (Å²) in [6.07, 6.45) is 0.798. The lowest BCUT2D eigenvalue weighted by atomic mass is 10.2. The molecule has 0 aliphatic carbocycles. The van der Waals surface area contributed by atoms with Crippen LogP contribution in [0.4, 0.5) is 5.69 Å². The van der Waals surface area contributed by atoms with Crippen molar-refractivity contribution in [2.24, 2.45) is 0 Å². The smallest absolute Gasteiger partial charge is 0.255 e. The van der Waals surface area contributed by atoms with Crippen molar-refractivity contribution in [1.29, 1.82) is 0 Å². The molecule has 0 heterocycles. The van der Waals surface area contributed by atoms with Crippen molar-refractivity contribution in [3.8, 4) is 0 Å². The summed E-state index contributed by atoms with van der Waals surface area (Å²) in [6, 6.07) is 15.0. The molecule has 0 spiro atoms. The van der Waals surface area contributed by atoms with Gasteiger partial charge in [-0.1, -0.05) is 37.3 Å². The van der Waals surface area contributed by atoms with Crippen LogP contribution in [0.3, 0.4) is 0 Å². The molecule has 2 aromatic rings. The second kappa shape index (κ2) is 8.82. The zero-order valence-electron chi connectivity index (χ0n) is 13.9. The molecule has 0 bridgehead atoms. The normalized spacial score (nSPS) is 10.3. The highest BCUT2D eigenvalue weighted by molar-refractivity contribution is 14.1. The second-order valence-electron chi connectivity index (χ2n) is 5.57. The van der Waals surface area contributed by atoms with Crippen LogP contribution < -0.4 is 5.32 Å². The largest absolute Gasteiger partial charge is 0.329 e. The molecule has 1 N–H and O–H groups in total. The molecule has 5 heteroatoms. The maximum atomic E-state index is 12.8. The Morgan fingerprint density at radius 1 is 1.08 bits per heavy atom. The van der Waals surface area contributed by atoms with Gasteiger partial charge < -0.3 is 10.2 Å². The number of rotatable bonds is 6. The predicted octanol–water partition coefficient (Wildman–Crippen LogP) is 4.09. The maximum absolute atomic E-state index is 12.8. The van der Waals surface area contributed by atoms with Gasteiger partial charge >= 0.3 is 0 Å². The van der Waals surface area contributed by atoms with Crippen molar-refractivity contribution in [1.82, 2.24) is 4.90 Å². The number of carbonyl (C=O) groups is 2. The summed E-state index contributed by atoms with van der Waals surface area (Å²) in [6.45, 7) is 4.53. The first-order chi connectivity index (χ1) is 11.5. The molecule has 0 fully saturated rings. The van der Waals surface area contributed by atoms with Gasteiger partial charge in [-0.05, 0) is 59.7 Å². The molecule has 0 atom stereocenters. The van der Waals surface area contributed by atoms with Crippen LogP contribution in [0.1, 0.15) is 29.3 Å². The molecule has 0 aliphatic heterocycles. The Hall–Kier alpha value is -1.89. The van der Waals surface area contributed by atoms with Crippen LogP contribution in [-0.2, 0) is 4.79 Å². The first-order valence-electron chi connectivity index (χ1n) is 7.92. The molecule has 0 aliphatic rings. The number of anilines is 1. The van der Waals surface area contributed by atoms with E-state index in [1.807, 2.05) is 56.3 Å². The van der Waals surface area contributed by atoms with Gasteiger partial charge in [-0.2, -0.15) is 0 Å². The number of hydrogen-bond donors (Lipinski definition) is 1. The van der Waals surface area contributed by atoms with Crippen molar-refractivity contribution in [3.63, 3.8) is 0 Å². The Balaban J connectivity index is 2.10. The van der Waals surface area contributed by atoms with E-state index in [2.05, 4.69) is 27.9 Å². The average molecular weight is 436 g/mol. The molecule has 4 nitrogen and oxygen atoms in total. The minimum Gasteiger partial charge on any atom is -0.329 e. The number of nitrogens with zero attached hydrogens (tertiary/aromatic N) is 1. The fourth-order valence-corrected chi connectivity index (χ4v) is 3.02. The highest BCUT2D eigenvalue weighted by Crippen LogP contribution is 2.16. The third-order valence-electron chi connectivity index (χ3n) is 3.64. The number of carbonyl (C=O) groups excluding carboxylic acids is 2. The molecule has 2 rings (SSSR count). The van der Waals surface area contributed by atoms with Gasteiger partial charge in [0.2, 0.25) is 5.91 Å². The van der Waals surface area contributed by atoms with E-state index in [-0.39, 0.29) is 18.4 Å². The Morgan fingerprint density at radius 3 is 2.42 bits per heavy atom. The highest BCUT2D eigenvalue weighted by Gasteiger charge is 2.20. The van der Waals surface area contributed by atoms with Gasteiger partial charge in [0.25, 0.3) is 5.91 Å². The lowest BCUT2D eigenvalue weighted by Crippen LogP contribution is -2.38. The van der Waals surface area contributed by atoms with Crippen LogP contribution in [0.2, 0.25) is 0 Å². The molecular weight excluding hydrogens is 415 g/mol. The summed E-state index contributed by atoms with van der Waals surface area (Å²) < 4.78 is 0.889. The molecule has 2 aromatic carbocycles. The molecular formula is C19H21IN2O2. The fourth-order valence-electron chi connectivity index (χ4n) is 2.40. The van der Waals surface area contributed by atoms with Crippen molar-refractivity contribution < 1.29 is 9.59 Å². The van der Waals surface area contributed by atoms with E-state index in [1.165, 1.54) is 0 Å². The first-order valence-corrected chi connectivity index (χ1v) is 9.00. The zero-order chi connectivity index (χ0) is 17.5. The van der Waals surface area contributed by atoms with Crippen molar-refractivity contribution >= 4 is 40.1 Å². The molecule has 2 amide bonds. The Labute approximate surface area is 156 Å². The maximum Gasteiger partial charge on any atom is 0.255 e. The Bertz CT molecular complexity index is 731. The number of aryl methyl sites for hydroxylation is 1. The van der Waals surface area contributed by atoms with Gasteiger partial charge in [0.05, 0.1) is 5.56 Å². The second-order valence-corrected chi connectivity index (χ2v) is 6.73. The molecule has 0 aromatic heterocycles. The lowest BCUT2D eigenvalue weighted by molar-refractivity contribution is -0.116. The third-order valence-corrected chi connectivity index (χ3v) is 4.58. The predicted molar refractivity (Wildman–Crippen MR) is 105 cm³/mol. The van der Waals surface area contributed by atoms with Crippen LogP contribution in [0, 0.1) is 10.5 Å². The van der Waals surface area contributed by atoms with E-state index in [9.17, 15) is 9.59 Å². The quantitative estimate of drug-likeness (QED) is 0.694. The fraction of sp³-hybridized carbons (Fsp3) is 0.263. The van der Waals surface area contributed by atoms with Crippen LogP contribution in [-0.4, -0.2) is 29.8 Å². The average Bonchev–Trinajstić information content (AvgIpc) is 2.56. The van der Waals surface area contributed by atoms with Crippen LogP contribution >= 0.6 is 22.6 Å². The van der Waals surface area contributed by atoms with Crippen LogP contribution in [0.25, 0.3) is 0 Å². The van der Waals surface area contributed by atoms with Gasteiger partial charge in [0.1, 0.15) is 6.54 Å². The van der Waals surface area contributed by atoms with E-state index in [4.69, 9.17) is 0 Å². The molecule has 0 saturated heterocycles. The van der Waals surface area contributed by atoms with Gasteiger partial charge in [0, 0.05) is 15.8 Å². The number of benzene rings is 2. The highest BCUT2D eigenvalue weighted by atomic mass is 127. The van der Waals surface area contributed by atoms with Crippen molar-refractivity contribution in [2.75, 3.05) is 18.4 Å². The van der Waals surface area contributed by atoms with Gasteiger partial charge in [-0.3, -0.25) is 9.59 Å². The van der Waals surface area contributed by atoms with Gasteiger partial charge in [-0.25, -0.2) is 0 Å². The Kier molecular flexibility index (Phi) is 6.78. The van der Waals surface area contributed by atoms with E-state index in [1.54, 1.807) is 11.0 Å². The summed E-state index contributed by atoms with van der Waals surface area (Å²) in [5.41, 5.74) is 2.41. The Morgan fingerprint density at radius 2 is 1.75 bits per heavy atom. The lowest BCUT2D eigenvalue weighted by Gasteiger charge is -2.22. The number of para-hydroxylation sites is 1. The van der Waals surface area contributed by atoms with E-state index >= 15 is 0 Å². The minimum atomic E-state index is -0.183. The molecule has 24 heavy (non-hydrogen) atoms. The van der Waals surface area contributed by atoms with Crippen LogP contribution in [0.5, 0.6) is 0 Å². The summed E-state index contributed by atoms with van der Waals surface area (Å²) in [7, 11) is 0. The number of hydrogen-bond acceptors (Lipinski definition) is 2. The number of amides is 2. The van der Waals surface area contributed by atoms with E-state index < -0.39 is 0 Å². The SMILES string of the molecule is CCCN(CC(=O)Nc1ccccc1C)C(=O)c1ccccc1I. The topological polar surface area (TPSA) is 49.4 Å². The molecule has 0 unspecified atom stereocenters. The molecule has 0 radical (unpaired) electrons. The standard InChI is InChI=1S/C19H21IN2O2/c1-3-12-22(19(24)15-9-5-6-10-16(15)20)13-18(23)21-17-11-7-4-8-14(17)2/h4-11H,3,12-13H2,1-2H3,(H,21,23).